The number of ether oxygens (including phenoxy) is 4. The van der Waals surface area contributed by atoms with Crippen molar-refractivity contribution >= 4 is 39.5 Å². The summed E-state index contributed by atoms with van der Waals surface area (Å²) in [7, 11) is -9.97. The van der Waals surface area contributed by atoms with Crippen molar-refractivity contribution in [2.75, 3.05) is 39.6 Å². The first kappa shape index (κ1) is 97.2. The quantitative estimate of drug-likeness (QED) is 0.0169. The second-order valence-corrected chi connectivity index (χ2v) is 28.8. The SMILES string of the molecule is CC/C=C\C/C=C\C/C=C\CCCCCCCCCC(=O)OCC(COP(=O)(O)OCC(O)COP(=O)(O)OCC(COC(=O)CCCCCCCCC/C=C\C/C=C\C/C=C\CC)OC(=O)CCCCCCC/C=C\C/C=C\CCC)OC(=O)CCCCCCC/C=C\C/C=C\C/C=C\CC. The van der Waals surface area contributed by atoms with Gasteiger partial charge in [0.15, 0.2) is 12.2 Å². The van der Waals surface area contributed by atoms with Gasteiger partial charge >= 0.3 is 39.5 Å². The van der Waals surface area contributed by atoms with E-state index in [-0.39, 0.29) is 25.7 Å². The molecular formula is C83H140O17P2. The third kappa shape index (κ3) is 73.5. The molecule has 0 fully saturated rings. The number of phosphoric ester groups is 2. The molecule has 3 N–H and O–H groups in total. The van der Waals surface area contributed by atoms with Crippen LogP contribution in [0.1, 0.15) is 310 Å². The van der Waals surface area contributed by atoms with E-state index in [9.17, 15) is 43.2 Å². The number of hydrogen-bond donors (Lipinski definition) is 3. The summed E-state index contributed by atoms with van der Waals surface area (Å²) in [6.07, 6.45) is 82.9. The third-order valence-corrected chi connectivity index (χ3v) is 18.0. The molecule has 0 bridgehead atoms. The largest absolute Gasteiger partial charge is 0.472 e. The molecule has 102 heavy (non-hydrogen) atoms. The maximum atomic E-state index is 13.1. The number of hydrogen-bond acceptors (Lipinski definition) is 15. The minimum absolute atomic E-state index is 0.0701. The summed E-state index contributed by atoms with van der Waals surface area (Å²) in [5.74, 6) is -2.23. The average Bonchev–Trinajstić information content (AvgIpc) is 0.939. The lowest BCUT2D eigenvalue weighted by atomic mass is 10.1. The number of unbranched alkanes of at least 4 members (excludes halogenated alkanes) is 25. The highest BCUT2D eigenvalue weighted by Gasteiger charge is 2.30. The van der Waals surface area contributed by atoms with Crippen LogP contribution in [0.3, 0.4) is 0 Å². The van der Waals surface area contributed by atoms with E-state index in [0.717, 1.165) is 231 Å². The van der Waals surface area contributed by atoms with Crippen LogP contribution in [0.4, 0.5) is 0 Å². The lowest BCUT2D eigenvalue weighted by Crippen LogP contribution is -2.30. The van der Waals surface area contributed by atoms with E-state index >= 15 is 0 Å². The second-order valence-electron chi connectivity index (χ2n) is 25.9. The number of carbonyl (C=O) groups excluding carboxylic acids is 4. The zero-order valence-electron chi connectivity index (χ0n) is 63.7. The van der Waals surface area contributed by atoms with E-state index in [4.69, 9.17) is 37.0 Å². The van der Waals surface area contributed by atoms with Gasteiger partial charge in [-0.3, -0.25) is 37.3 Å². The van der Waals surface area contributed by atoms with Gasteiger partial charge in [-0.1, -0.05) is 271 Å². The van der Waals surface area contributed by atoms with Crippen molar-refractivity contribution in [2.24, 2.45) is 0 Å². The number of aliphatic hydroxyl groups excluding tert-OH is 1. The molecule has 0 radical (unpaired) electrons. The summed E-state index contributed by atoms with van der Waals surface area (Å²) in [6, 6.07) is 0. The predicted octanol–water partition coefficient (Wildman–Crippen LogP) is 22.9. The predicted molar refractivity (Wildman–Crippen MR) is 418 cm³/mol. The summed E-state index contributed by atoms with van der Waals surface area (Å²) in [5, 5.41) is 10.6. The molecule has 0 aromatic rings. The highest BCUT2D eigenvalue weighted by molar-refractivity contribution is 7.47. The highest BCUT2D eigenvalue weighted by atomic mass is 31.2. The van der Waals surface area contributed by atoms with Crippen LogP contribution in [0.15, 0.2) is 134 Å². The Hall–Kier alpha value is -4.80. The normalized spacial score (nSPS) is 14.6. The smallest absolute Gasteiger partial charge is 0.462 e. The molecule has 0 aliphatic carbocycles. The van der Waals surface area contributed by atoms with Crippen LogP contribution in [-0.2, 0) is 65.4 Å². The molecule has 0 saturated carbocycles. The summed E-state index contributed by atoms with van der Waals surface area (Å²) in [4.78, 5) is 73.0. The van der Waals surface area contributed by atoms with E-state index in [0.29, 0.717) is 25.7 Å². The summed E-state index contributed by atoms with van der Waals surface area (Å²) in [6.45, 7) is 4.43. The molecule has 19 heteroatoms. The molecule has 0 amide bonds. The lowest BCUT2D eigenvalue weighted by molar-refractivity contribution is -0.161. The minimum Gasteiger partial charge on any atom is -0.462 e. The fourth-order valence-electron chi connectivity index (χ4n) is 10.2. The van der Waals surface area contributed by atoms with Crippen LogP contribution in [0.25, 0.3) is 0 Å². The number of rotatable bonds is 73. The van der Waals surface area contributed by atoms with Gasteiger partial charge in [0.05, 0.1) is 26.4 Å². The topological polar surface area (TPSA) is 237 Å². The van der Waals surface area contributed by atoms with E-state index in [1.54, 1.807) is 0 Å². The molecule has 0 rings (SSSR count). The Morgan fingerprint density at radius 1 is 0.284 bits per heavy atom. The molecule has 0 aliphatic rings. The van der Waals surface area contributed by atoms with Crippen molar-refractivity contribution < 1.29 is 80.2 Å². The number of carbonyl (C=O) groups is 4. The standard InChI is InChI=1S/C83H140O17P2/c1-5-9-13-17-21-25-29-33-36-38-41-44-47-51-55-59-63-67-80(85)93-73-78(99-82(87)69-65-61-57-53-49-43-32-28-24-20-16-12-8-4)75-97-101(89,90)95-71-77(84)72-96-102(91,92)98-76-79(100-83(88)70-66-62-58-54-50-46-40-35-31-27-23-19-15-11-7-3)74-94-81(86)68-64-60-56-52-48-45-42-39-37-34-30-26-22-18-14-10-6-2/h9-11,13-16,20-23,25-28,32-37,40,77-79,84H,5-8,12,17-19,24,29-31,38-39,41-76H2,1-4H3,(H,89,90)(H,91,92)/b13-9-,14-10-,15-11-,20-16-,25-21-,26-22-,27-23-,32-28-,36-33-,37-34-,40-35-. The Labute approximate surface area is 618 Å². The Balaban J connectivity index is 5.38. The first-order valence-corrected chi connectivity index (χ1v) is 42.4. The molecule has 5 atom stereocenters. The number of aliphatic hydroxyl groups is 1. The number of allylic oxidation sites excluding steroid dienone is 22. The maximum Gasteiger partial charge on any atom is 0.472 e. The fraction of sp³-hybridized carbons (Fsp3) is 0.687. The lowest BCUT2D eigenvalue weighted by Gasteiger charge is -2.21. The molecular weight excluding hydrogens is 1330 g/mol. The monoisotopic (exact) mass is 1470 g/mol. The van der Waals surface area contributed by atoms with Crippen LogP contribution < -0.4 is 0 Å². The zero-order chi connectivity index (χ0) is 74.6. The number of esters is 4. The van der Waals surface area contributed by atoms with Crippen LogP contribution in [0, 0.1) is 0 Å². The average molecular weight is 1470 g/mol. The molecule has 0 aromatic heterocycles. The van der Waals surface area contributed by atoms with Crippen LogP contribution >= 0.6 is 15.6 Å². The molecule has 584 valence electrons. The van der Waals surface area contributed by atoms with Crippen molar-refractivity contribution in [1.82, 2.24) is 0 Å². The van der Waals surface area contributed by atoms with Crippen molar-refractivity contribution in [1.29, 1.82) is 0 Å². The van der Waals surface area contributed by atoms with Gasteiger partial charge in [0.25, 0.3) is 0 Å². The Morgan fingerprint density at radius 3 is 0.784 bits per heavy atom. The van der Waals surface area contributed by atoms with Crippen molar-refractivity contribution in [2.45, 2.75) is 329 Å². The van der Waals surface area contributed by atoms with Gasteiger partial charge in [-0.2, -0.15) is 0 Å². The van der Waals surface area contributed by atoms with E-state index in [2.05, 4.69) is 161 Å². The molecule has 5 unspecified atom stereocenters. The van der Waals surface area contributed by atoms with Crippen molar-refractivity contribution in [3.63, 3.8) is 0 Å². The molecule has 17 nitrogen and oxygen atoms in total. The molecule has 0 saturated heterocycles. The summed E-state index contributed by atoms with van der Waals surface area (Å²) < 4.78 is 68.6. The Morgan fingerprint density at radius 2 is 0.510 bits per heavy atom. The fourth-order valence-corrected chi connectivity index (χ4v) is 11.8. The first-order valence-electron chi connectivity index (χ1n) is 39.4. The van der Waals surface area contributed by atoms with Gasteiger partial charge in [-0.05, 0) is 148 Å². The van der Waals surface area contributed by atoms with E-state index < -0.39 is 97.5 Å². The van der Waals surface area contributed by atoms with Crippen LogP contribution in [0.2, 0.25) is 0 Å². The Kier molecular flexibility index (Phi) is 71.0. The zero-order valence-corrected chi connectivity index (χ0v) is 65.5. The minimum atomic E-state index is -4.99. The maximum absolute atomic E-state index is 13.1. The van der Waals surface area contributed by atoms with Crippen LogP contribution in [-0.4, -0.2) is 96.7 Å². The van der Waals surface area contributed by atoms with E-state index in [1.807, 2.05) is 0 Å². The van der Waals surface area contributed by atoms with Gasteiger partial charge in [0.1, 0.15) is 19.3 Å². The first-order chi connectivity index (χ1) is 49.7. The van der Waals surface area contributed by atoms with Crippen molar-refractivity contribution in [3.8, 4) is 0 Å². The van der Waals surface area contributed by atoms with Crippen molar-refractivity contribution in [3.05, 3.63) is 134 Å². The Bertz CT molecular complexity index is 2460. The van der Waals surface area contributed by atoms with Gasteiger partial charge in [-0.25, -0.2) is 9.13 Å². The van der Waals surface area contributed by atoms with Gasteiger partial charge in [-0.15, -0.1) is 0 Å². The highest BCUT2D eigenvalue weighted by Crippen LogP contribution is 2.45. The van der Waals surface area contributed by atoms with Gasteiger partial charge < -0.3 is 33.8 Å². The molecule has 0 spiro atoms. The summed E-state index contributed by atoms with van der Waals surface area (Å²) in [5.41, 5.74) is 0. The molecule has 0 heterocycles. The van der Waals surface area contributed by atoms with Crippen LogP contribution in [0.5, 0.6) is 0 Å². The summed E-state index contributed by atoms with van der Waals surface area (Å²) >= 11 is 0. The molecule has 0 aliphatic heterocycles. The molecule has 0 aromatic carbocycles. The van der Waals surface area contributed by atoms with E-state index in [1.165, 1.54) is 0 Å². The third-order valence-electron chi connectivity index (χ3n) is 16.1. The van der Waals surface area contributed by atoms with Gasteiger partial charge in [0, 0.05) is 25.7 Å². The second kappa shape index (κ2) is 74.5. The number of phosphoric acid groups is 2. The van der Waals surface area contributed by atoms with Gasteiger partial charge in [0.2, 0.25) is 0 Å².